The van der Waals surface area contributed by atoms with E-state index in [0.717, 1.165) is 17.1 Å². The molecule has 0 aromatic rings. The molecule has 0 bridgehead atoms. The Kier molecular flexibility index (Phi) is 6.83. The van der Waals surface area contributed by atoms with Crippen LogP contribution in [-0.2, 0) is 0 Å². The van der Waals surface area contributed by atoms with Gasteiger partial charge in [0, 0.05) is 0 Å². The van der Waals surface area contributed by atoms with E-state index in [-0.39, 0.29) is 6.61 Å². The van der Waals surface area contributed by atoms with E-state index < -0.39 is 0 Å². The Morgan fingerprint density at radius 3 is 2.70 bits per heavy atom. The van der Waals surface area contributed by atoms with Crippen LogP contribution in [0.3, 0.4) is 0 Å². The van der Waals surface area contributed by atoms with E-state index in [1.807, 2.05) is 6.08 Å². The molecule has 0 atom stereocenters. The molecule has 10 heavy (non-hydrogen) atoms. The molecule has 0 amide bonds. The van der Waals surface area contributed by atoms with Crippen LogP contribution < -0.4 is 0 Å². The van der Waals surface area contributed by atoms with Gasteiger partial charge in [-0.05, 0) is 18.2 Å². The maximum absolute atomic E-state index is 8.74. The van der Waals surface area contributed by atoms with Gasteiger partial charge >= 0.3 is 0 Å². The van der Waals surface area contributed by atoms with E-state index in [2.05, 4.69) is 19.6 Å². The lowest BCUT2D eigenvalue weighted by Crippen LogP contribution is -1.82. The van der Waals surface area contributed by atoms with Crippen molar-refractivity contribution >= 4 is 11.8 Å². The Balaban J connectivity index is 3.90. The second kappa shape index (κ2) is 6.94. The molecular weight excluding hydrogens is 144 g/mol. The van der Waals surface area contributed by atoms with Crippen LogP contribution in [0, 0.1) is 0 Å². The smallest absolute Gasteiger partial charge is 0.0813 e. The Morgan fingerprint density at radius 2 is 2.30 bits per heavy atom. The second-order valence-electron chi connectivity index (χ2n) is 1.77. The zero-order valence-electron chi connectivity index (χ0n) is 6.55. The Labute approximate surface area is 66.8 Å². The summed E-state index contributed by atoms with van der Waals surface area (Å²) in [5, 5.41) is 8.74. The lowest BCUT2D eigenvalue weighted by Gasteiger charge is -1.94. The summed E-state index contributed by atoms with van der Waals surface area (Å²) in [5.41, 5.74) is 3.02. The highest BCUT2D eigenvalue weighted by Crippen LogP contribution is 2.11. The van der Waals surface area contributed by atoms with Crippen molar-refractivity contribution < 1.29 is 5.11 Å². The molecule has 1 N–H and O–H groups in total. The van der Waals surface area contributed by atoms with E-state index >= 15 is 0 Å². The fraction of sp³-hybridized carbons (Fsp3) is 0.625. The van der Waals surface area contributed by atoms with Crippen molar-refractivity contribution in [2.45, 2.75) is 20.3 Å². The highest BCUT2D eigenvalue weighted by atomic mass is 32.2. The number of aliphatic hydroxyl groups is 1. The zero-order chi connectivity index (χ0) is 7.82. The highest BCUT2D eigenvalue weighted by molar-refractivity contribution is 8.03. The van der Waals surface area contributed by atoms with Crippen LogP contribution in [0.1, 0.15) is 20.3 Å². The Morgan fingerprint density at radius 1 is 1.60 bits per heavy atom. The van der Waals surface area contributed by atoms with E-state index in [4.69, 9.17) is 5.11 Å². The summed E-state index contributed by atoms with van der Waals surface area (Å²) in [6.07, 6.45) is 2.92. The molecule has 0 unspecified atom stereocenters. The van der Waals surface area contributed by atoms with Crippen LogP contribution in [0.15, 0.2) is 16.7 Å². The van der Waals surface area contributed by atoms with Gasteiger partial charge < -0.3 is 5.11 Å². The highest BCUT2D eigenvalue weighted by Gasteiger charge is 1.89. The number of rotatable bonds is 4. The van der Waals surface area contributed by atoms with Gasteiger partial charge in [-0.3, -0.25) is 0 Å². The summed E-state index contributed by atoms with van der Waals surface area (Å²) in [6, 6.07) is 0. The van der Waals surface area contributed by atoms with Gasteiger partial charge in [-0.2, -0.15) is 0 Å². The fourth-order valence-corrected chi connectivity index (χ4v) is 1.13. The molecule has 0 saturated heterocycles. The molecule has 1 nitrogen and oxygen atoms in total. The maximum Gasteiger partial charge on any atom is 0.0813 e. The molecule has 0 saturated carbocycles. The largest absolute Gasteiger partial charge is 0.390 e. The minimum atomic E-state index is 0.120. The van der Waals surface area contributed by atoms with Gasteiger partial charge in [0.05, 0.1) is 11.5 Å². The number of hydrogen-bond acceptors (Lipinski definition) is 2. The zero-order valence-corrected chi connectivity index (χ0v) is 7.37. The Hall–Kier alpha value is -0.170. The van der Waals surface area contributed by atoms with Crippen molar-refractivity contribution in [3.8, 4) is 0 Å². The molecule has 0 aliphatic rings. The molecule has 0 aromatic heterocycles. The van der Waals surface area contributed by atoms with Crippen LogP contribution in [0.25, 0.3) is 0 Å². The normalized spacial score (nSPS) is 8.70. The number of thioether (sulfide) groups is 1. The summed E-state index contributed by atoms with van der Waals surface area (Å²) >= 11 is 1.64. The summed E-state index contributed by atoms with van der Waals surface area (Å²) in [7, 11) is 0. The van der Waals surface area contributed by atoms with Crippen molar-refractivity contribution in [3.63, 3.8) is 0 Å². The van der Waals surface area contributed by atoms with E-state index in [0.29, 0.717) is 0 Å². The van der Waals surface area contributed by atoms with E-state index in [1.165, 1.54) is 0 Å². The first kappa shape index (κ1) is 9.83. The summed E-state index contributed by atoms with van der Waals surface area (Å²) in [6.45, 7) is 4.24. The van der Waals surface area contributed by atoms with E-state index in [9.17, 15) is 0 Å². The molecule has 0 aliphatic heterocycles. The van der Waals surface area contributed by atoms with Gasteiger partial charge in [0.1, 0.15) is 0 Å². The van der Waals surface area contributed by atoms with Crippen molar-refractivity contribution in [3.05, 3.63) is 16.7 Å². The van der Waals surface area contributed by atoms with Crippen LogP contribution >= 0.6 is 11.8 Å². The molecular formula is C8H14OS. The molecule has 2 heteroatoms. The monoisotopic (exact) mass is 158 g/mol. The minimum absolute atomic E-state index is 0.120. The van der Waals surface area contributed by atoms with E-state index in [1.54, 1.807) is 11.8 Å². The third-order valence-electron chi connectivity index (χ3n) is 0.929. The lowest BCUT2D eigenvalue weighted by atomic mass is 10.4. The van der Waals surface area contributed by atoms with Gasteiger partial charge in [0.2, 0.25) is 0 Å². The van der Waals surface area contributed by atoms with Crippen LogP contribution in [-0.4, -0.2) is 17.5 Å². The van der Waals surface area contributed by atoms with Crippen molar-refractivity contribution in [2.24, 2.45) is 0 Å². The molecule has 0 heterocycles. The van der Waals surface area contributed by atoms with Gasteiger partial charge in [0.25, 0.3) is 0 Å². The average Bonchev–Trinajstić information content (AvgIpc) is 1.98. The average molecular weight is 158 g/mol. The van der Waals surface area contributed by atoms with Crippen molar-refractivity contribution in [1.29, 1.82) is 0 Å². The quantitative estimate of drug-likeness (QED) is 0.633. The SMILES string of the molecule is CCC=C=C(CO)SCC. The molecule has 0 aromatic carbocycles. The van der Waals surface area contributed by atoms with Gasteiger partial charge in [-0.1, -0.05) is 13.8 Å². The lowest BCUT2D eigenvalue weighted by molar-refractivity contribution is 0.339. The molecule has 58 valence electrons. The van der Waals surface area contributed by atoms with Gasteiger partial charge in [0.15, 0.2) is 0 Å². The van der Waals surface area contributed by atoms with Crippen molar-refractivity contribution in [1.82, 2.24) is 0 Å². The Bertz CT molecular complexity index is 134. The maximum atomic E-state index is 8.74. The summed E-state index contributed by atoms with van der Waals surface area (Å²) < 4.78 is 0. The minimum Gasteiger partial charge on any atom is -0.390 e. The second-order valence-corrected chi connectivity index (χ2v) is 3.13. The fourth-order valence-electron chi connectivity index (χ4n) is 0.523. The number of aliphatic hydroxyl groups excluding tert-OH is 1. The van der Waals surface area contributed by atoms with Crippen LogP contribution in [0.2, 0.25) is 0 Å². The van der Waals surface area contributed by atoms with Gasteiger partial charge in [-0.25, -0.2) is 0 Å². The predicted molar refractivity (Wildman–Crippen MR) is 47.1 cm³/mol. The molecule has 0 aliphatic carbocycles. The standard InChI is InChI=1S/C8H14OS/c1-3-5-6-8(7-9)10-4-2/h5,9H,3-4,7H2,1-2H3. The van der Waals surface area contributed by atoms with Gasteiger partial charge in [-0.15, -0.1) is 17.5 Å². The molecule has 0 fully saturated rings. The molecule has 0 spiro atoms. The summed E-state index contributed by atoms with van der Waals surface area (Å²) in [4.78, 5) is 0.935. The molecule has 0 radical (unpaired) electrons. The molecule has 0 rings (SSSR count). The first-order valence-corrected chi connectivity index (χ1v) is 4.51. The predicted octanol–water partition coefficient (Wildman–Crippen LogP) is 2.18. The third kappa shape index (κ3) is 4.68. The first-order valence-electron chi connectivity index (χ1n) is 3.52. The summed E-state index contributed by atoms with van der Waals surface area (Å²) in [5.74, 6) is 1.00. The first-order chi connectivity index (χ1) is 4.85. The topological polar surface area (TPSA) is 20.2 Å². The number of hydrogen-bond donors (Lipinski definition) is 1. The van der Waals surface area contributed by atoms with Crippen LogP contribution in [0.4, 0.5) is 0 Å². The third-order valence-corrected chi connectivity index (χ3v) is 1.81. The van der Waals surface area contributed by atoms with Crippen molar-refractivity contribution in [2.75, 3.05) is 12.4 Å². The van der Waals surface area contributed by atoms with Crippen LogP contribution in [0.5, 0.6) is 0 Å².